The first kappa shape index (κ1) is 10.1. The van der Waals surface area contributed by atoms with E-state index in [4.69, 9.17) is 0 Å². The predicted octanol–water partition coefficient (Wildman–Crippen LogP) is 1.59. The molecule has 19 heavy (non-hydrogen) atoms. The standard InChI is InChI=1S/C13H9N5O/c19-13-17-12-10(6-14-7-15-12)18(13)11-5-8-3-1-2-4-9(8)16-11/h1-7,16H,(H,14,15,17,19). The molecule has 2 N–H and O–H groups in total. The molecule has 0 saturated carbocycles. The Kier molecular flexibility index (Phi) is 1.88. The summed E-state index contributed by atoms with van der Waals surface area (Å²) in [4.78, 5) is 26.0. The lowest BCUT2D eigenvalue weighted by molar-refractivity contribution is 0.982. The van der Waals surface area contributed by atoms with Gasteiger partial charge in [0.2, 0.25) is 0 Å². The quantitative estimate of drug-likeness (QED) is 0.539. The molecule has 6 heteroatoms. The lowest BCUT2D eigenvalue weighted by Gasteiger charge is -1.97. The Hall–Kier alpha value is -2.89. The molecule has 1 aromatic carbocycles. The summed E-state index contributed by atoms with van der Waals surface area (Å²) in [6, 6.07) is 9.79. The minimum absolute atomic E-state index is 0.234. The summed E-state index contributed by atoms with van der Waals surface area (Å²) in [5.41, 5.74) is 1.93. The number of fused-ring (bicyclic) bond motifs is 2. The molecule has 0 saturated heterocycles. The van der Waals surface area contributed by atoms with Crippen molar-refractivity contribution in [3.8, 4) is 5.82 Å². The first-order chi connectivity index (χ1) is 9.33. The van der Waals surface area contributed by atoms with Gasteiger partial charge in [-0.15, -0.1) is 0 Å². The van der Waals surface area contributed by atoms with Crippen LogP contribution in [0, 0.1) is 0 Å². The molecule has 0 amide bonds. The molecule has 0 atom stereocenters. The van der Waals surface area contributed by atoms with Gasteiger partial charge in [0.1, 0.15) is 17.7 Å². The molecule has 0 aliphatic rings. The van der Waals surface area contributed by atoms with E-state index in [9.17, 15) is 4.79 Å². The second kappa shape index (κ2) is 3.55. The highest BCUT2D eigenvalue weighted by atomic mass is 16.1. The van der Waals surface area contributed by atoms with Gasteiger partial charge >= 0.3 is 5.69 Å². The van der Waals surface area contributed by atoms with Crippen molar-refractivity contribution in [3.63, 3.8) is 0 Å². The third-order valence-electron chi connectivity index (χ3n) is 3.12. The van der Waals surface area contributed by atoms with Crippen molar-refractivity contribution in [1.29, 1.82) is 0 Å². The van der Waals surface area contributed by atoms with Crippen molar-refractivity contribution in [2.45, 2.75) is 0 Å². The van der Waals surface area contributed by atoms with Gasteiger partial charge in [0.15, 0.2) is 5.65 Å². The number of hydrogen-bond acceptors (Lipinski definition) is 3. The summed E-state index contributed by atoms with van der Waals surface area (Å²) >= 11 is 0. The number of nitrogens with one attached hydrogen (secondary N) is 2. The molecule has 6 nitrogen and oxygen atoms in total. The number of rotatable bonds is 1. The molecule has 0 aliphatic heterocycles. The third-order valence-corrected chi connectivity index (χ3v) is 3.12. The molecular formula is C13H9N5O. The zero-order valence-electron chi connectivity index (χ0n) is 9.79. The van der Waals surface area contributed by atoms with Crippen LogP contribution in [0.3, 0.4) is 0 Å². The maximum atomic E-state index is 12.0. The largest absolute Gasteiger partial charge is 0.341 e. The number of H-pyrrole nitrogens is 2. The Morgan fingerprint density at radius 3 is 2.95 bits per heavy atom. The van der Waals surface area contributed by atoms with E-state index in [0.717, 1.165) is 10.9 Å². The Bertz CT molecular complexity index is 913. The van der Waals surface area contributed by atoms with E-state index in [2.05, 4.69) is 19.9 Å². The van der Waals surface area contributed by atoms with E-state index in [1.165, 1.54) is 10.9 Å². The van der Waals surface area contributed by atoms with E-state index >= 15 is 0 Å². The topological polar surface area (TPSA) is 79.4 Å². The van der Waals surface area contributed by atoms with Crippen molar-refractivity contribution in [1.82, 2.24) is 24.5 Å². The van der Waals surface area contributed by atoms with Crippen LogP contribution in [0.5, 0.6) is 0 Å². The molecule has 4 aromatic rings. The van der Waals surface area contributed by atoms with Crippen LogP contribution < -0.4 is 5.69 Å². The Labute approximate surface area is 106 Å². The summed E-state index contributed by atoms with van der Waals surface area (Å²) in [5, 5.41) is 1.05. The highest BCUT2D eigenvalue weighted by Gasteiger charge is 2.11. The van der Waals surface area contributed by atoms with E-state index in [0.29, 0.717) is 17.0 Å². The number of benzene rings is 1. The molecule has 0 spiro atoms. The number of hydrogen-bond donors (Lipinski definition) is 2. The lowest BCUT2D eigenvalue weighted by Crippen LogP contribution is -2.14. The molecule has 0 radical (unpaired) electrons. The number of aromatic amines is 2. The Morgan fingerprint density at radius 1 is 1.16 bits per heavy atom. The van der Waals surface area contributed by atoms with Crippen LogP contribution in [0.1, 0.15) is 0 Å². The predicted molar refractivity (Wildman–Crippen MR) is 71.3 cm³/mol. The smallest absolute Gasteiger partial charge is 0.333 e. The van der Waals surface area contributed by atoms with Crippen molar-refractivity contribution in [3.05, 3.63) is 53.3 Å². The van der Waals surface area contributed by atoms with E-state index in [1.807, 2.05) is 30.3 Å². The zero-order valence-corrected chi connectivity index (χ0v) is 9.79. The second-order valence-electron chi connectivity index (χ2n) is 4.26. The highest BCUT2D eigenvalue weighted by molar-refractivity contribution is 5.83. The molecule has 92 valence electrons. The van der Waals surface area contributed by atoms with E-state index < -0.39 is 0 Å². The highest BCUT2D eigenvalue weighted by Crippen LogP contribution is 2.18. The minimum atomic E-state index is -0.234. The molecule has 4 rings (SSSR count). The third kappa shape index (κ3) is 1.40. The average Bonchev–Trinajstić information content (AvgIpc) is 2.97. The number of aromatic nitrogens is 5. The molecule has 0 bridgehead atoms. The van der Waals surface area contributed by atoms with Gasteiger partial charge in [-0.2, -0.15) is 0 Å². The Balaban J connectivity index is 2.09. The van der Waals surface area contributed by atoms with Crippen LogP contribution >= 0.6 is 0 Å². The number of nitrogens with zero attached hydrogens (tertiary/aromatic N) is 3. The molecule has 0 unspecified atom stereocenters. The minimum Gasteiger partial charge on any atom is -0.341 e. The van der Waals surface area contributed by atoms with Gasteiger partial charge in [0.25, 0.3) is 0 Å². The molecular weight excluding hydrogens is 242 g/mol. The fourth-order valence-electron chi connectivity index (χ4n) is 2.27. The first-order valence-electron chi connectivity index (χ1n) is 5.82. The molecule has 0 aliphatic carbocycles. The second-order valence-corrected chi connectivity index (χ2v) is 4.26. The zero-order chi connectivity index (χ0) is 12.8. The molecule has 3 heterocycles. The van der Waals surface area contributed by atoms with Gasteiger partial charge in [-0.3, -0.25) is 4.98 Å². The van der Waals surface area contributed by atoms with Crippen LogP contribution in [-0.4, -0.2) is 24.5 Å². The van der Waals surface area contributed by atoms with Gasteiger partial charge in [0.05, 0.1) is 6.20 Å². The van der Waals surface area contributed by atoms with Gasteiger partial charge < -0.3 is 4.98 Å². The van der Waals surface area contributed by atoms with Crippen LogP contribution in [0.15, 0.2) is 47.7 Å². The summed E-state index contributed by atoms with van der Waals surface area (Å²) in [6.07, 6.45) is 3.03. The fraction of sp³-hybridized carbons (Fsp3) is 0. The summed E-state index contributed by atoms with van der Waals surface area (Å²) in [6.45, 7) is 0. The molecule has 3 aromatic heterocycles. The summed E-state index contributed by atoms with van der Waals surface area (Å²) in [5.74, 6) is 0.701. The van der Waals surface area contributed by atoms with Crippen molar-refractivity contribution >= 4 is 22.1 Å². The number of imidazole rings is 1. The maximum Gasteiger partial charge on any atom is 0.333 e. The maximum absolute atomic E-state index is 12.0. The molecule has 0 fully saturated rings. The van der Waals surface area contributed by atoms with Gasteiger partial charge in [-0.05, 0) is 12.1 Å². The van der Waals surface area contributed by atoms with Crippen molar-refractivity contribution in [2.75, 3.05) is 0 Å². The number of para-hydroxylation sites is 1. The van der Waals surface area contributed by atoms with Crippen LogP contribution in [0.2, 0.25) is 0 Å². The lowest BCUT2D eigenvalue weighted by atomic mass is 10.2. The first-order valence-corrected chi connectivity index (χ1v) is 5.82. The van der Waals surface area contributed by atoms with E-state index in [-0.39, 0.29) is 5.69 Å². The van der Waals surface area contributed by atoms with E-state index in [1.54, 1.807) is 6.20 Å². The normalized spacial score (nSPS) is 11.4. The summed E-state index contributed by atoms with van der Waals surface area (Å²) < 4.78 is 1.54. The van der Waals surface area contributed by atoms with Crippen molar-refractivity contribution < 1.29 is 0 Å². The van der Waals surface area contributed by atoms with Crippen molar-refractivity contribution in [2.24, 2.45) is 0 Å². The monoisotopic (exact) mass is 251 g/mol. The van der Waals surface area contributed by atoms with Gasteiger partial charge in [-0.25, -0.2) is 19.3 Å². The SMILES string of the molecule is O=c1[nH]c2ncncc2n1-c1cc2ccccc2[nH]1. The van der Waals surface area contributed by atoms with Gasteiger partial charge in [-0.1, -0.05) is 18.2 Å². The Morgan fingerprint density at radius 2 is 2.05 bits per heavy atom. The van der Waals surface area contributed by atoms with Crippen LogP contribution in [0.4, 0.5) is 0 Å². The van der Waals surface area contributed by atoms with Gasteiger partial charge in [0, 0.05) is 10.9 Å². The summed E-state index contributed by atoms with van der Waals surface area (Å²) in [7, 11) is 0. The average molecular weight is 251 g/mol. The van der Waals surface area contributed by atoms with Crippen LogP contribution in [-0.2, 0) is 0 Å². The van der Waals surface area contributed by atoms with Crippen LogP contribution in [0.25, 0.3) is 27.9 Å². The fourth-order valence-corrected chi connectivity index (χ4v) is 2.27.